The number of hydrogen-bond donors (Lipinski definition) is 3. The number of carbonyl (C=O) groups is 1. The molecule has 4 aromatic rings. The molecular formula is C29H27F4N5O. The Morgan fingerprint density at radius 1 is 0.974 bits per heavy atom. The molecule has 1 fully saturated rings. The number of benzene rings is 3. The van der Waals surface area contributed by atoms with Crippen molar-refractivity contribution >= 4 is 17.3 Å². The SMILES string of the molecule is NCc1cccc(-n2nc(C(F)(F)F)cc2C(=O)Nc2cc(Cc3ccccc3NCC3CC3)ccc2F)c1. The summed E-state index contributed by atoms with van der Waals surface area (Å²) in [6.45, 7) is 1.05. The average molecular weight is 538 g/mol. The van der Waals surface area contributed by atoms with Crippen molar-refractivity contribution in [1.82, 2.24) is 9.78 Å². The van der Waals surface area contributed by atoms with Crippen LogP contribution in [0.4, 0.5) is 28.9 Å². The fourth-order valence-electron chi connectivity index (χ4n) is 4.30. The van der Waals surface area contributed by atoms with Crippen molar-refractivity contribution in [2.45, 2.75) is 32.0 Å². The summed E-state index contributed by atoms with van der Waals surface area (Å²) in [5.41, 5.74) is 7.49. The minimum absolute atomic E-state index is 0.141. The highest BCUT2D eigenvalue weighted by Crippen LogP contribution is 2.31. The topological polar surface area (TPSA) is 85.0 Å². The molecule has 3 aromatic carbocycles. The maximum absolute atomic E-state index is 14.8. The maximum atomic E-state index is 14.8. The summed E-state index contributed by atoms with van der Waals surface area (Å²) < 4.78 is 56.1. The maximum Gasteiger partial charge on any atom is 0.435 e. The van der Waals surface area contributed by atoms with E-state index in [0.717, 1.165) is 28.0 Å². The van der Waals surface area contributed by atoms with E-state index in [1.807, 2.05) is 24.3 Å². The molecule has 10 heteroatoms. The van der Waals surface area contributed by atoms with Crippen LogP contribution in [0.25, 0.3) is 5.69 Å². The molecule has 0 saturated heterocycles. The Morgan fingerprint density at radius 3 is 2.51 bits per heavy atom. The summed E-state index contributed by atoms with van der Waals surface area (Å²) in [4.78, 5) is 13.2. The van der Waals surface area contributed by atoms with E-state index in [9.17, 15) is 22.4 Å². The van der Waals surface area contributed by atoms with Gasteiger partial charge in [-0.05, 0) is 72.2 Å². The second-order valence-corrected chi connectivity index (χ2v) is 9.62. The van der Waals surface area contributed by atoms with Crippen LogP contribution in [0.2, 0.25) is 0 Å². The molecule has 0 radical (unpaired) electrons. The number of halogens is 4. The van der Waals surface area contributed by atoms with Crippen LogP contribution in [0, 0.1) is 11.7 Å². The fourth-order valence-corrected chi connectivity index (χ4v) is 4.30. The Kier molecular flexibility index (Phi) is 7.38. The summed E-state index contributed by atoms with van der Waals surface area (Å²) in [5.74, 6) is -0.951. The molecule has 1 aromatic heterocycles. The van der Waals surface area contributed by atoms with Crippen molar-refractivity contribution in [1.29, 1.82) is 0 Å². The van der Waals surface area contributed by atoms with Crippen molar-refractivity contribution in [3.8, 4) is 5.69 Å². The largest absolute Gasteiger partial charge is 0.435 e. The van der Waals surface area contributed by atoms with Gasteiger partial charge in [-0.25, -0.2) is 9.07 Å². The highest BCUT2D eigenvalue weighted by Gasteiger charge is 2.36. The van der Waals surface area contributed by atoms with E-state index in [-0.39, 0.29) is 17.9 Å². The van der Waals surface area contributed by atoms with Crippen LogP contribution in [-0.4, -0.2) is 22.2 Å². The summed E-state index contributed by atoms with van der Waals surface area (Å²) in [7, 11) is 0. The van der Waals surface area contributed by atoms with E-state index in [4.69, 9.17) is 5.73 Å². The van der Waals surface area contributed by atoms with Crippen LogP contribution in [0.1, 0.15) is 45.7 Å². The van der Waals surface area contributed by atoms with Crippen molar-refractivity contribution in [3.05, 3.63) is 107 Å². The summed E-state index contributed by atoms with van der Waals surface area (Å²) >= 11 is 0. The zero-order chi connectivity index (χ0) is 27.6. The van der Waals surface area contributed by atoms with Gasteiger partial charge in [0.2, 0.25) is 0 Å². The van der Waals surface area contributed by atoms with Gasteiger partial charge in [0.25, 0.3) is 5.91 Å². The van der Waals surface area contributed by atoms with Crippen LogP contribution in [0.3, 0.4) is 0 Å². The normalized spacial score (nSPS) is 13.4. The van der Waals surface area contributed by atoms with Gasteiger partial charge in [0.05, 0.1) is 11.4 Å². The van der Waals surface area contributed by atoms with Gasteiger partial charge in [0, 0.05) is 24.8 Å². The molecule has 0 unspecified atom stereocenters. The lowest BCUT2D eigenvalue weighted by molar-refractivity contribution is -0.141. The number of nitrogens with zero attached hydrogens (tertiary/aromatic N) is 2. The first-order valence-electron chi connectivity index (χ1n) is 12.6. The van der Waals surface area contributed by atoms with E-state index < -0.39 is 29.3 Å². The molecule has 0 atom stereocenters. The average Bonchev–Trinajstić information content (AvgIpc) is 3.63. The van der Waals surface area contributed by atoms with Gasteiger partial charge in [0.15, 0.2) is 5.69 Å². The third kappa shape index (κ3) is 6.28. The van der Waals surface area contributed by atoms with Gasteiger partial charge in [-0.1, -0.05) is 36.4 Å². The second kappa shape index (κ2) is 10.9. The summed E-state index contributed by atoms with van der Waals surface area (Å²) in [6.07, 6.45) is -1.87. The number of para-hydroxylation sites is 1. The molecule has 1 aliphatic rings. The minimum Gasteiger partial charge on any atom is -0.385 e. The number of nitrogens with one attached hydrogen (secondary N) is 2. The molecule has 1 saturated carbocycles. The molecule has 1 heterocycles. The Balaban J connectivity index is 1.41. The lowest BCUT2D eigenvalue weighted by Crippen LogP contribution is -2.18. The molecule has 0 spiro atoms. The fraction of sp³-hybridized carbons (Fsp3) is 0.241. The van der Waals surface area contributed by atoms with E-state index in [1.165, 1.54) is 31.0 Å². The molecule has 5 rings (SSSR count). The molecule has 1 aliphatic carbocycles. The van der Waals surface area contributed by atoms with Gasteiger partial charge < -0.3 is 16.4 Å². The quantitative estimate of drug-likeness (QED) is 0.224. The molecule has 0 bridgehead atoms. The number of aromatic nitrogens is 2. The molecule has 4 N–H and O–H groups in total. The van der Waals surface area contributed by atoms with Crippen molar-refractivity contribution in [3.63, 3.8) is 0 Å². The molecular weight excluding hydrogens is 510 g/mol. The number of nitrogens with two attached hydrogens (primary N) is 1. The van der Waals surface area contributed by atoms with Gasteiger partial charge in [-0.2, -0.15) is 18.3 Å². The van der Waals surface area contributed by atoms with Gasteiger partial charge >= 0.3 is 6.18 Å². The first kappa shape index (κ1) is 26.4. The predicted octanol–water partition coefficient (Wildman–Crippen LogP) is 6.15. The van der Waals surface area contributed by atoms with E-state index in [2.05, 4.69) is 15.7 Å². The lowest BCUT2D eigenvalue weighted by Gasteiger charge is -2.13. The van der Waals surface area contributed by atoms with Crippen LogP contribution in [0.5, 0.6) is 0 Å². The molecule has 39 heavy (non-hydrogen) atoms. The number of carbonyl (C=O) groups excluding carboxylic acids is 1. The van der Waals surface area contributed by atoms with Crippen molar-refractivity contribution in [2.24, 2.45) is 11.7 Å². The third-order valence-corrected chi connectivity index (χ3v) is 6.59. The van der Waals surface area contributed by atoms with Gasteiger partial charge in [0.1, 0.15) is 11.5 Å². The summed E-state index contributed by atoms with van der Waals surface area (Å²) in [6, 6.07) is 19.2. The first-order chi connectivity index (χ1) is 18.7. The van der Waals surface area contributed by atoms with Crippen LogP contribution < -0.4 is 16.4 Å². The van der Waals surface area contributed by atoms with Crippen molar-refractivity contribution in [2.75, 3.05) is 17.2 Å². The molecule has 0 aliphatic heterocycles. The van der Waals surface area contributed by atoms with Crippen molar-refractivity contribution < 1.29 is 22.4 Å². The van der Waals surface area contributed by atoms with Crippen LogP contribution >= 0.6 is 0 Å². The smallest absolute Gasteiger partial charge is 0.385 e. The highest BCUT2D eigenvalue weighted by molar-refractivity contribution is 6.03. The second-order valence-electron chi connectivity index (χ2n) is 9.62. The number of rotatable bonds is 9. The third-order valence-electron chi connectivity index (χ3n) is 6.59. The van der Waals surface area contributed by atoms with Crippen LogP contribution in [0.15, 0.2) is 72.8 Å². The van der Waals surface area contributed by atoms with Gasteiger partial charge in [-0.15, -0.1) is 0 Å². The predicted molar refractivity (Wildman–Crippen MR) is 141 cm³/mol. The highest BCUT2D eigenvalue weighted by atomic mass is 19.4. The zero-order valence-electron chi connectivity index (χ0n) is 20.9. The van der Waals surface area contributed by atoms with E-state index in [1.54, 1.807) is 24.3 Å². The number of alkyl halides is 3. The minimum atomic E-state index is -4.78. The molecule has 202 valence electrons. The zero-order valence-corrected chi connectivity index (χ0v) is 20.9. The Morgan fingerprint density at radius 2 is 1.77 bits per heavy atom. The standard InChI is InChI=1S/C29H27F4N5O/c30-23-11-10-19(12-21-5-1-2-7-24(21)35-17-18-8-9-18)14-25(23)36-28(39)26-15-27(29(31,32)33)37-38(26)22-6-3-4-20(13-22)16-34/h1-7,10-11,13-15,18,35H,8-9,12,16-17,34H2,(H,36,39). The van der Waals surface area contributed by atoms with Crippen LogP contribution in [-0.2, 0) is 19.1 Å². The summed E-state index contributed by atoms with van der Waals surface area (Å²) in [5, 5.41) is 9.52. The molecule has 6 nitrogen and oxygen atoms in total. The number of amides is 1. The number of hydrogen-bond acceptors (Lipinski definition) is 4. The Hall–Kier alpha value is -4.18. The van der Waals surface area contributed by atoms with E-state index >= 15 is 0 Å². The van der Waals surface area contributed by atoms with Gasteiger partial charge in [-0.3, -0.25) is 4.79 Å². The van der Waals surface area contributed by atoms with E-state index in [0.29, 0.717) is 24.0 Å². The first-order valence-corrected chi connectivity index (χ1v) is 12.6. The number of anilines is 2. The Bertz CT molecular complexity index is 1490. The molecule has 1 amide bonds. The monoisotopic (exact) mass is 537 g/mol. The Labute approximate surface area is 222 Å². The lowest BCUT2D eigenvalue weighted by atomic mass is 10.0.